The van der Waals surface area contributed by atoms with Gasteiger partial charge in [-0.3, -0.25) is 14.6 Å². The molecule has 1 saturated carbocycles. The second kappa shape index (κ2) is 12.5. The molecular formula is C23H32IN5O2. The van der Waals surface area contributed by atoms with Crippen LogP contribution in [0.1, 0.15) is 44.1 Å². The number of benzene rings is 1. The molecule has 8 heteroatoms. The van der Waals surface area contributed by atoms with E-state index in [4.69, 9.17) is 6.42 Å². The summed E-state index contributed by atoms with van der Waals surface area (Å²) in [5, 5.41) is 9.18. The van der Waals surface area contributed by atoms with E-state index < -0.39 is 0 Å². The minimum Gasteiger partial charge on any atom is -0.352 e. The Kier molecular flexibility index (Phi) is 10.1. The molecule has 31 heavy (non-hydrogen) atoms. The molecule has 1 aliphatic carbocycles. The summed E-state index contributed by atoms with van der Waals surface area (Å²) in [5.74, 6) is 3.42. The molecule has 3 rings (SSSR count). The van der Waals surface area contributed by atoms with Crippen LogP contribution in [0.25, 0.3) is 0 Å². The highest BCUT2D eigenvalue weighted by Crippen LogP contribution is 2.26. The third kappa shape index (κ3) is 7.42. The fourth-order valence-electron chi connectivity index (χ4n) is 4.13. The summed E-state index contributed by atoms with van der Waals surface area (Å²) in [5.41, 5.74) is 1.37. The van der Waals surface area contributed by atoms with Crippen LogP contribution in [-0.2, 0) is 9.59 Å². The maximum atomic E-state index is 12.7. The predicted octanol–water partition coefficient (Wildman–Crippen LogP) is 2.57. The topological polar surface area (TPSA) is 85.8 Å². The second-order valence-corrected chi connectivity index (χ2v) is 7.95. The number of carbonyl (C=O) groups excluding carboxylic acids is 2. The summed E-state index contributed by atoms with van der Waals surface area (Å²) < 4.78 is 0. The van der Waals surface area contributed by atoms with Gasteiger partial charge in [-0.1, -0.05) is 31.2 Å². The van der Waals surface area contributed by atoms with Crippen LogP contribution in [0.15, 0.2) is 29.3 Å². The highest BCUT2D eigenvalue weighted by Gasteiger charge is 2.31. The van der Waals surface area contributed by atoms with Crippen molar-refractivity contribution >= 4 is 47.4 Å². The molecule has 7 nitrogen and oxygen atoms in total. The molecule has 1 aliphatic heterocycles. The molecule has 0 bridgehead atoms. The Morgan fingerprint density at radius 2 is 2.00 bits per heavy atom. The molecule has 1 saturated heterocycles. The van der Waals surface area contributed by atoms with Crippen molar-refractivity contribution in [3.05, 3.63) is 29.8 Å². The largest absolute Gasteiger partial charge is 0.352 e. The summed E-state index contributed by atoms with van der Waals surface area (Å²) in [6.45, 7) is 1.54. The molecule has 168 valence electrons. The first kappa shape index (κ1) is 25.0. The zero-order chi connectivity index (χ0) is 21.3. The Morgan fingerprint density at radius 1 is 1.23 bits per heavy atom. The van der Waals surface area contributed by atoms with E-state index in [2.05, 4.69) is 26.9 Å². The van der Waals surface area contributed by atoms with Gasteiger partial charge in [-0.15, -0.1) is 30.4 Å². The number of amides is 2. The first-order valence-electron chi connectivity index (χ1n) is 10.7. The number of aliphatic imine (C=N–C) groups is 1. The Labute approximate surface area is 201 Å². The van der Waals surface area contributed by atoms with Gasteiger partial charge in [-0.25, -0.2) is 0 Å². The van der Waals surface area contributed by atoms with Gasteiger partial charge >= 0.3 is 0 Å². The van der Waals surface area contributed by atoms with Crippen molar-refractivity contribution in [2.75, 3.05) is 32.0 Å². The van der Waals surface area contributed by atoms with Crippen LogP contribution < -0.4 is 16.0 Å². The molecule has 0 spiro atoms. The van der Waals surface area contributed by atoms with Crippen molar-refractivity contribution in [1.82, 2.24) is 15.5 Å². The molecule has 2 fully saturated rings. The average molecular weight is 537 g/mol. The summed E-state index contributed by atoms with van der Waals surface area (Å²) in [4.78, 5) is 31.1. The van der Waals surface area contributed by atoms with Gasteiger partial charge in [0.25, 0.3) is 0 Å². The lowest BCUT2D eigenvalue weighted by Gasteiger charge is -2.26. The zero-order valence-electron chi connectivity index (χ0n) is 18.0. The zero-order valence-corrected chi connectivity index (χ0v) is 20.4. The number of hydrogen-bond donors (Lipinski definition) is 3. The number of rotatable bonds is 5. The Bertz CT molecular complexity index is 830. The van der Waals surface area contributed by atoms with E-state index in [1.165, 1.54) is 6.42 Å². The van der Waals surface area contributed by atoms with E-state index in [0.29, 0.717) is 29.7 Å². The van der Waals surface area contributed by atoms with Crippen molar-refractivity contribution in [3.8, 4) is 12.3 Å². The van der Waals surface area contributed by atoms with Crippen LogP contribution in [0.5, 0.6) is 0 Å². The maximum Gasteiger partial charge on any atom is 0.243 e. The van der Waals surface area contributed by atoms with E-state index in [1.54, 1.807) is 25.2 Å². The molecule has 1 aromatic rings. The van der Waals surface area contributed by atoms with Gasteiger partial charge < -0.3 is 20.9 Å². The summed E-state index contributed by atoms with van der Waals surface area (Å²) in [7, 11) is 1.67. The van der Waals surface area contributed by atoms with Crippen LogP contribution in [0.3, 0.4) is 0 Å². The third-order valence-electron chi connectivity index (χ3n) is 5.75. The number of hydrogen-bond acceptors (Lipinski definition) is 3. The summed E-state index contributed by atoms with van der Waals surface area (Å²) >= 11 is 0. The number of likely N-dealkylation sites (tertiary alicyclic amines) is 1. The lowest BCUT2D eigenvalue weighted by Crippen LogP contribution is -2.47. The van der Waals surface area contributed by atoms with Gasteiger partial charge in [0.05, 0.1) is 6.54 Å². The van der Waals surface area contributed by atoms with Gasteiger partial charge in [0.1, 0.15) is 0 Å². The first-order valence-corrected chi connectivity index (χ1v) is 10.7. The maximum absolute atomic E-state index is 12.7. The molecule has 3 N–H and O–H groups in total. The smallest absolute Gasteiger partial charge is 0.243 e. The molecule has 1 atom stereocenters. The SMILES string of the molecule is C#Cc1cccc(NC(=O)CNC(=NC)NC2CCN(C(=O)C3CCCCC3)C2)c1.I. The average Bonchev–Trinajstić information content (AvgIpc) is 3.25. The predicted molar refractivity (Wildman–Crippen MR) is 134 cm³/mol. The normalized spacial score (nSPS) is 19.2. The first-order chi connectivity index (χ1) is 14.6. The van der Waals surface area contributed by atoms with Crippen molar-refractivity contribution in [3.63, 3.8) is 0 Å². The fourth-order valence-corrected chi connectivity index (χ4v) is 4.13. The van der Waals surface area contributed by atoms with Crippen LogP contribution in [0, 0.1) is 18.3 Å². The number of anilines is 1. The van der Waals surface area contributed by atoms with Crippen LogP contribution in [-0.4, -0.2) is 55.4 Å². The van der Waals surface area contributed by atoms with Crippen molar-refractivity contribution in [2.45, 2.75) is 44.6 Å². The Balaban J connectivity index is 0.00000341. The number of nitrogens with one attached hydrogen (secondary N) is 3. The minimum atomic E-state index is -0.187. The fraction of sp³-hybridized carbons (Fsp3) is 0.522. The van der Waals surface area contributed by atoms with Gasteiger partial charge in [0.2, 0.25) is 11.8 Å². The number of terminal acetylenes is 1. The molecule has 0 radical (unpaired) electrons. The van der Waals surface area contributed by atoms with E-state index in [0.717, 1.165) is 38.6 Å². The third-order valence-corrected chi connectivity index (χ3v) is 5.75. The highest BCUT2D eigenvalue weighted by molar-refractivity contribution is 14.0. The van der Waals surface area contributed by atoms with Crippen molar-refractivity contribution in [2.24, 2.45) is 10.9 Å². The van der Waals surface area contributed by atoms with Gasteiger partial charge in [-0.05, 0) is 37.5 Å². The number of carbonyl (C=O) groups is 2. The standard InChI is InChI=1S/C23H31N5O2.HI/c1-3-17-8-7-11-19(14-17)26-21(29)15-25-23(24-2)27-20-12-13-28(16-20)22(30)18-9-5-4-6-10-18;/h1,7-8,11,14,18,20H,4-6,9-10,12-13,15-16H2,2H3,(H,26,29)(H2,24,25,27);1H. The van der Waals surface area contributed by atoms with Gasteiger partial charge in [0.15, 0.2) is 5.96 Å². The second-order valence-electron chi connectivity index (χ2n) is 7.95. The lowest BCUT2D eigenvalue weighted by atomic mass is 9.88. The molecule has 1 heterocycles. The van der Waals surface area contributed by atoms with Crippen LogP contribution in [0.4, 0.5) is 5.69 Å². The number of guanidine groups is 1. The van der Waals surface area contributed by atoms with Crippen LogP contribution in [0.2, 0.25) is 0 Å². The summed E-state index contributed by atoms with van der Waals surface area (Å²) in [6.07, 6.45) is 11.9. The monoisotopic (exact) mass is 537 g/mol. The quantitative estimate of drug-likeness (QED) is 0.233. The molecular weight excluding hydrogens is 505 g/mol. The Hall–Kier alpha value is -2.28. The molecule has 1 unspecified atom stereocenters. The van der Waals surface area contributed by atoms with E-state index in [-0.39, 0.29) is 48.4 Å². The number of halogens is 1. The minimum absolute atomic E-state index is 0. The van der Waals surface area contributed by atoms with E-state index in [1.807, 2.05) is 11.0 Å². The van der Waals surface area contributed by atoms with E-state index in [9.17, 15) is 9.59 Å². The van der Waals surface area contributed by atoms with Crippen molar-refractivity contribution < 1.29 is 9.59 Å². The van der Waals surface area contributed by atoms with E-state index >= 15 is 0 Å². The molecule has 2 amide bonds. The lowest BCUT2D eigenvalue weighted by molar-refractivity contribution is -0.135. The molecule has 2 aliphatic rings. The van der Waals surface area contributed by atoms with Crippen LogP contribution >= 0.6 is 24.0 Å². The molecule has 1 aromatic carbocycles. The van der Waals surface area contributed by atoms with Crippen molar-refractivity contribution in [1.29, 1.82) is 0 Å². The number of nitrogens with zero attached hydrogens (tertiary/aromatic N) is 2. The Morgan fingerprint density at radius 3 is 2.71 bits per heavy atom. The van der Waals surface area contributed by atoms with Gasteiger partial charge in [-0.2, -0.15) is 0 Å². The molecule has 0 aromatic heterocycles. The highest BCUT2D eigenvalue weighted by atomic mass is 127. The van der Waals surface area contributed by atoms with Gasteiger partial charge in [0, 0.05) is 43.3 Å². The summed E-state index contributed by atoms with van der Waals surface area (Å²) in [6, 6.07) is 7.30.